The van der Waals surface area contributed by atoms with Crippen molar-refractivity contribution in [1.82, 2.24) is 0 Å². The van der Waals surface area contributed by atoms with E-state index in [1.807, 2.05) is 0 Å². The highest BCUT2D eigenvalue weighted by Gasteiger charge is 2.13. The average molecular weight is 212 g/mol. The Morgan fingerprint density at radius 3 is 2.60 bits per heavy atom. The second-order valence-corrected chi connectivity index (χ2v) is 2.80. The van der Waals surface area contributed by atoms with Crippen molar-refractivity contribution in [3.63, 3.8) is 0 Å². The van der Waals surface area contributed by atoms with Crippen LogP contribution in [0.15, 0.2) is 18.2 Å². The first-order valence-electron chi connectivity index (χ1n) is 4.78. The van der Waals surface area contributed by atoms with E-state index in [1.165, 1.54) is 12.1 Å². The maximum Gasteiger partial charge on any atom is 0.341 e. The van der Waals surface area contributed by atoms with Gasteiger partial charge in [0.15, 0.2) is 0 Å². The van der Waals surface area contributed by atoms with E-state index in [4.69, 9.17) is 4.74 Å². The molecule has 0 aliphatic rings. The third kappa shape index (κ3) is 2.94. The summed E-state index contributed by atoms with van der Waals surface area (Å²) >= 11 is 0. The number of hydrogen-bond donors (Lipinski definition) is 0. The zero-order chi connectivity index (χ0) is 11.3. The lowest BCUT2D eigenvalue weighted by Gasteiger charge is -2.06. The molecular weight excluding hydrogens is 199 g/mol. The first kappa shape index (κ1) is 11.5. The van der Waals surface area contributed by atoms with Crippen LogP contribution in [0.3, 0.4) is 0 Å². The summed E-state index contributed by atoms with van der Waals surface area (Å²) in [5, 5.41) is 0. The number of rotatable bonds is 4. The van der Waals surface area contributed by atoms with Gasteiger partial charge in [0.05, 0.1) is 18.8 Å². The fourth-order valence-corrected chi connectivity index (χ4v) is 1.13. The first-order valence-corrected chi connectivity index (χ1v) is 4.78. The topological polar surface area (TPSA) is 35.5 Å². The highest BCUT2D eigenvalue weighted by molar-refractivity contribution is 5.89. The van der Waals surface area contributed by atoms with Crippen molar-refractivity contribution < 1.29 is 18.7 Å². The van der Waals surface area contributed by atoms with Crippen LogP contribution in [0.2, 0.25) is 0 Å². The predicted molar refractivity (Wildman–Crippen MR) is 53.5 cm³/mol. The van der Waals surface area contributed by atoms with Crippen LogP contribution < -0.4 is 4.74 Å². The van der Waals surface area contributed by atoms with Crippen molar-refractivity contribution in [3.8, 4) is 5.75 Å². The van der Waals surface area contributed by atoms with Gasteiger partial charge in [-0.1, -0.05) is 0 Å². The number of esters is 1. The predicted octanol–water partition coefficient (Wildman–Crippen LogP) is 2.40. The number of benzene rings is 1. The van der Waals surface area contributed by atoms with E-state index in [2.05, 4.69) is 4.74 Å². The summed E-state index contributed by atoms with van der Waals surface area (Å²) in [6.07, 6.45) is 0. The fourth-order valence-electron chi connectivity index (χ4n) is 1.13. The molecule has 0 unspecified atom stereocenters. The van der Waals surface area contributed by atoms with Gasteiger partial charge in [-0.05, 0) is 26.0 Å². The number of ether oxygens (including phenoxy) is 2. The molecule has 15 heavy (non-hydrogen) atoms. The largest absolute Gasteiger partial charge is 0.494 e. The van der Waals surface area contributed by atoms with Crippen LogP contribution in [0, 0.1) is 5.82 Å². The van der Waals surface area contributed by atoms with Gasteiger partial charge in [-0.15, -0.1) is 0 Å². The van der Waals surface area contributed by atoms with Gasteiger partial charge in [0, 0.05) is 6.07 Å². The normalized spacial score (nSPS) is 9.80. The van der Waals surface area contributed by atoms with Gasteiger partial charge in [-0.2, -0.15) is 0 Å². The van der Waals surface area contributed by atoms with Crippen molar-refractivity contribution >= 4 is 5.97 Å². The molecule has 1 aromatic rings. The fraction of sp³-hybridized carbons (Fsp3) is 0.364. The zero-order valence-corrected chi connectivity index (χ0v) is 8.75. The van der Waals surface area contributed by atoms with Crippen molar-refractivity contribution in [3.05, 3.63) is 29.6 Å². The van der Waals surface area contributed by atoms with Gasteiger partial charge in [-0.25, -0.2) is 9.18 Å². The smallest absolute Gasteiger partial charge is 0.341 e. The minimum absolute atomic E-state index is 0.0692. The SMILES string of the molecule is CCOC(=O)c1ccc(OCC)cc1F. The summed E-state index contributed by atoms with van der Waals surface area (Å²) in [6.45, 7) is 4.16. The molecule has 0 aromatic heterocycles. The van der Waals surface area contributed by atoms with E-state index in [1.54, 1.807) is 19.9 Å². The quantitative estimate of drug-likeness (QED) is 0.719. The molecule has 0 saturated carbocycles. The molecule has 0 radical (unpaired) electrons. The first-order chi connectivity index (χ1) is 7.19. The molecule has 3 nitrogen and oxygen atoms in total. The minimum atomic E-state index is -0.655. The molecule has 0 heterocycles. The van der Waals surface area contributed by atoms with Crippen LogP contribution in [-0.4, -0.2) is 19.2 Å². The Bertz CT molecular complexity index is 350. The molecule has 0 fully saturated rings. The Kier molecular flexibility index (Phi) is 4.09. The van der Waals surface area contributed by atoms with Crippen LogP contribution in [0.5, 0.6) is 5.75 Å². The van der Waals surface area contributed by atoms with Crippen LogP contribution in [-0.2, 0) is 4.74 Å². The van der Waals surface area contributed by atoms with Crippen LogP contribution in [0.1, 0.15) is 24.2 Å². The summed E-state index contributed by atoms with van der Waals surface area (Å²) < 4.78 is 23.1. The number of hydrogen-bond acceptors (Lipinski definition) is 3. The second kappa shape index (κ2) is 5.34. The lowest BCUT2D eigenvalue weighted by molar-refractivity contribution is 0.0521. The average Bonchev–Trinajstić information content (AvgIpc) is 2.18. The molecule has 0 bridgehead atoms. The van der Waals surface area contributed by atoms with Gasteiger partial charge < -0.3 is 9.47 Å². The summed E-state index contributed by atoms with van der Waals surface area (Å²) in [6, 6.07) is 4.08. The van der Waals surface area contributed by atoms with Gasteiger partial charge in [0.1, 0.15) is 11.6 Å². The molecule has 1 rings (SSSR count). The highest BCUT2D eigenvalue weighted by atomic mass is 19.1. The van der Waals surface area contributed by atoms with Gasteiger partial charge in [0.25, 0.3) is 0 Å². The number of halogens is 1. The minimum Gasteiger partial charge on any atom is -0.494 e. The second-order valence-electron chi connectivity index (χ2n) is 2.80. The van der Waals surface area contributed by atoms with E-state index in [0.717, 1.165) is 0 Å². The summed E-state index contributed by atoms with van der Waals surface area (Å²) in [4.78, 5) is 11.2. The van der Waals surface area contributed by atoms with E-state index in [0.29, 0.717) is 12.4 Å². The van der Waals surface area contributed by atoms with Gasteiger partial charge >= 0.3 is 5.97 Å². The van der Waals surface area contributed by atoms with E-state index in [9.17, 15) is 9.18 Å². The molecule has 0 N–H and O–H groups in total. The zero-order valence-electron chi connectivity index (χ0n) is 8.75. The molecule has 0 saturated heterocycles. The summed E-state index contributed by atoms with van der Waals surface area (Å²) in [5.41, 5.74) is -0.0692. The molecular formula is C11H13FO3. The molecule has 1 aromatic carbocycles. The Morgan fingerprint density at radius 2 is 2.07 bits per heavy atom. The molecule has 0 spiro atoms. The summed E-state index contributed by atoms with van der Waals surface area (Å²) in [7, 11) is 0. The van der Waals surface area contributed by atoms with Crippen molar-refractivity contribution in [2.24, 2.45) is 0 Å². The molecule has 82 valence electrons. The van der Waals surface area contributed by atoms with Crippen molar-refractivity contribution in [2.45, 2.75) is 13.8 Å². The molecule has 0 amide bonds. The maximum atomic E-state index is 13.4. The van der Waals surface area contributed by atoms with E-state index < -0.39 is 11.8 Å². The highest BCUT2D eigenvalue weighted by Crippen LogP contribution is 2.17. The Morgan fingerprint density at radius 1 is 1.33 bits per heavy atom. The van der Waals surface area contributed by atoms with Crippen molar-refractivity contribution in [2.75, 3.05) is 13.2 Å². The monoisotopic (exact) mass is 212 g/mol. The Labute approximate surface area is 87.8 Å². The van der Waals surface area contributed by atoms with Crippen LogP contribution in [0.4, 0.5) is 4.39 Å². The lowest BCUT2D eigenvalue weighted by atomic mass is 10.2. The molecule has 0 aliphatic carbocycles. The van der Waals surface area contributed by atoms with Crippen LogP contribution in [0.25, 0.3) is 0 Å². The standard InChI is InChI=1S/C11H13FO3/c1-3-14-8-5-6-9(10(12)7-8)11(13)15-4-2/h5-7H,3-4H2,1-2H3. The molecule has 4 heteroatoms. The van der Waals surface area contributed by atoms with Gasteiger partial charge in [0.2, 0.25) is 0 Å². The summed E-state index contributed by atoms with van der Waals surface area (Å²) in [5.74, 6) is -0.875. The lowest BCUT2D eigenvalue weighted by Crippen LogP contribution is -2.07. The van der Waals surface area contributed by atoms with Crippen LogP contribution >= 0.6 is 0 Å². The maximum absolute atomic E-state index is 13.4. The number of carbonyl (C=O) groups excluding carboxylic acids is 1. The Hall–Kier alpha value is -1.58. The van der Waals surface area contributed by atoms with Gasteiger partial charge in [-0.3, -0.25) is 0 Å². The third-order valence-corrected chi connectivity index (χ3v) is 1.75. The molecule has 0 atom stereocenters. The number of carbonyl (C=O) groups is 1. The van der Waals surface area contributed by atoms with Crippen molar-refractivity contribution in [1.29, 1.82) is 0 Å². The third-order valence-electron chi connectivity index (χ3n) is 1.75. The van der Waals surface area contributed by atoms with E-state index >= 15 is 0 Å². The van der Waals surface area contributed by atoms with E-state index in [-0.39, 0.29) is 12.2 Å². The Balaban J connectivity index is 2.87. The molecule has 0 aliphatic heterocycles.